The van der Waals surface area contributed by atoms with Crippen LogP contribution in [0.5, 0.6) is 5.75 Å². The first-order valence-electron chi connectivity index (χ1n) is 9.37. The second-order valence-corrected chi connectivity index (χ2v) is 6.61. The van der Waals surface area contributed by atoms with E-state index in [1.165, 1.54) is 18.3 Å². The van der Waals surface area contributed by atoms with Crippen molar-refractivity contribution in [1.82, 2.24) is 5.43 Å². The number of hydrogen-bond acceptors (Lipinski definition) is 6. The molecule has 0 unspecified atom stereocenters. The van der Waals surface area contributed by atoms with Gasteiger partial charge in [0.1, 0.15) is 12.2 Å². The Bertz CT molecular complexity index is 1230. The van der Waals surface area contributed by atoms with Gasteiger partial charge in [-0.3, -0.25) is 14.9 Å². The number of carbonyl (C=O) groups is 1. The quantitative estimate of drug-likeness (QED) is 0.268. The number of hydrogen-bond donors (Lipinski definition) is 1. The van der Waals surface area contributed by atoms with E-state index < -0.39 is 10.8 Å². The van der Waals surface area contributed by atoms with Gasteiger partial charge in [-0.15, -0.1) is 0 Å². The molecule has 154 valence electrons. The minimum atomic E-state index is -0.523. The average Bonchev–Trinajstić information content (AvgIpc) is 3.23. The zero-order chi connectivity index (χ0) is 21.6. The van der Waals surface area contributed by atoms with E-state index in [4.69, 9.17) is 9.15 Å². The van der Waals surface area contributed by atoms with Gasteiger partial charge >= 0.3 is 11.6 Å². The first-order chi connectivity index (χ1) is 15.1. The summed E-state index contributed by atoms with van der Waals surface area (Å²) in [6, 6.07) is 22.7. The summed E-state index contributed by atoms with van der Waals surface area (Å²) >= 11 is 0. The van der Waals surface area contributed by atoms with Gasteiger partial charge in [0.15, 0.2) is 11.5 Å². The number of fused-ring (bicyclic) bond motifs is 1. The lowest BCUT2D eigenvalue weighted by atomic mass is 10.2. The van der Waals surface area contributed by atoms with Crippen molar-refractivity contribution < 1.29 is 18.9 Å². The highest BCUT2D eigenvalue weighted by Gasteiger charge is 2.16. The van der Waals surface area contributed by atoms with Crippen LogP contribution < -0.4 is 10.2 Å². The van der Waals surface area contributed by atoms with Crippen LogP contribution in [0.4, 0.5) is 5.69 Å². The highest BCUT2D eigenvalue weighted by Crippen LogP contribution is 2.28. The van der Waals surface area contributed by atoms with E-state index in [2.05, 4.69) is 10.5 Å². The average molecular weight is 415 g/mol. The molecule has 1 heterocycles. The summed E-state index contributed by atoms with van der Waals surface area (Å²) in [5.41, 5.74) is 4.09. The molecule has 31 heavy (non-hydrogen) atoms. The third kappa shape index (κ3) is 4.76. The fraction of sp³-hybridized carbons (Fsp3) is 0.0435. The summed E-state index contributed by atoms with van der Waals surface area (Å²) in [5.74, 6) is -0.254. The largest absolute Gasteiger partial charge is 0.482 e. The summed E-state index contributed by atoms with van der Waals surface area (Å²) in [4.78, 5) is 23.1. The SMILES string of the molecule is O=C(N/N=C/c1ccc(OCc2ccccc2)c([N+](=O)[O-])c1)c1cc2ccccc2o1. The fourth-order valence-corrected chi connectivity index (χ4v) is 2.93. The topological polar surface area (TPSA) is 107 Å². The van der Waals surface area contributed by atoms with Gasteiger partial charge < -0.3 is 9.15 Å². The van der Waals surface area contributed by atoms with E-state index in [9.17, 15) is 14.9 Å². The molecule has 0 aliphatic rings. The molecule has 4 aromatic rings. The number of rotatable bonds is 7. The Kier molecular flexibility index (Phi) is 5.70. The maximum atomic E-state index is 12.2. The van der Waals surface area contributed by atoms with E-state index in [0.29, 0.717) is 11.1 Å². The zero-order valence-electron chi connectivity index (χ0n) is 16.2. The number of hydrazone groups is 1. The van der Waals surface area contributed by atoms with Crippen molar-refractivity contribution in [3.8, 4) is 5.75 Å². The molecular weight excluding hydrogens is 398 g/mol. The number of para-hydroxylation sites is 1. The predicted molar refractivity (Wildman–Crippen MR) is 115 cm³/mol. The van der Waals surface area contributed by atoms with Crippen molar-refractivity contribution in [3.63, 3.8) is 0 Å². The minimum absolute atomic E-state index is 0.119. The third-order valence-electron chi connectivity index (χ3n) is 4.45. The molecule has 3 aromatic carbocycles. The Morgan fingerprint density at radius 2 is 1.84 bits per heavy atom. The molecule has 8 nitrogen and oxygen atoms in total. The number of carbonyl (C=O) groups excluding carboxylic acids is 1. The van der Waals surface area contributed by atoms with Crippen LogP contribution in [0.15, 0.2) is 88.4 Å². The van der Waals surface area contributed by atoms with E-state index in [-0.39, 0.29) is 23.8 Å². The standard InChI is InChI=1S/C23H17N3O5/c27-23(22-13-18-8-4-5-9-20(18)31-22)25-24-14-17-10-11-21(19(12-17)26(28)29)30-15-16-6-2-1-3-7-16/h1-14H,15H2,(H,25,27)/b24-14+. The Hall–Kier alpha value is -4.46. The molecule has 1 amide bonds. The van der Waals surface area contributed by atoms with Crippen molar-refractivity contribution in [2.24, 2.45) is 5.10 Å². The van der Waals surface area contributed by atoms with E-state index in [1.807, 2.05) is 48.5 Å². The predicted octanol–water partition coefficient (Wildman–Crippen LogP) is 4.68. The molecule has 1 aromatic heterocycles. The van der Waals surface area contributed by atoms with Gasteiger partial charge in [0.25, 0.3) is 0 Å². The van der Waals surface area contributed by atoms with Crippen molar-refractivity contribution in [2.45, 2.75) is 6.61 Å². The van der Waals surface area contributed by atoms with E-state index in [0.717, 1.165) is 10.9 Å². The molecule has 0 radical (unpaired) electrons. The van der Waals surface area contributed by atoms with Crippen molar-refractivity contribution in [3.05, 3.63) is 106 Å². The highest BCUT2D eigenvalue weighted by molar-refractivity contribution is 5.96. The Morgan fingerprint density at radius 1 is 1.06 bits per heavy atom. The van der Waals surface area contributed by atoms with Crippen LogP contribution in [-0.4, -0.2) is 17.0 Å². The van der Waals surface area contributed by atoms with Crippen LogP contribution >= 0.6 is 0 Å². The van der Waals surface area contributed by atoms with E-state index >= 15 is 0 Å². The molecule has 0 spiro atoms. The van der Waals surface area contributed by atoms with Gasteiger partial charge in [0, 0.05) is 17.0 Å². The van der Waals surface area contributed by atoms with Crippen LogP contribution in [0.1, 0.15) is 21.7 Å². The lowest BCUT2D eigenvalue weighted by Gasteiger charge is -2.07. The van der Waals surface area contributed by atoms with Gasteiger partial charge in [-0.2, -0.15) is 5.10 Å². The van der Waals surface area contributed by atoms with Crippen molar-refractivity contribution in [2.75, 3.05) is 0 Å². The minimum Gasteiger partial charge on any atom is -0.482 e. The number of furan rings is 1. The molecule has 8 heteroatoms. The number of nitrogens with one attached hydrogen (secondary N) is 1. The number of ether oxygens (including phenoxy) is 1. The lowest BCUT2D eigenvalue weighted by Crippen LogP contribution is -2.16. The number of nitro groups is 1. The van der Waals surface area contributed by atoms with Crippen LogP contribution in [0.2, 0.25) is 0 Å². The first kappa shape index (κ1) is 19.8. The van der Waals surface area contributed by atoms with Gasteiger partial charge in [0.2, 0.25) is 0 Å². The molecule has 0 aliphatic heterocycles. The fourth-order valence-electron chi connectivity index (χ4n) is 2.93. The van der Waals surface area contributed by atoms with Gasteiger partial charge in [-0.25, -0.2) is 5.43 Å². The van der Waals surface area contributed by atoms with Gasteiger partial charge in [0.05, 0.1) is 11.1 Å². The Balaban J connectivity index is 1.43. The maximum Gasteiger partial charge on any atom is 0.311 e. The summed E-state index contributed by atoms with van der Waals surface area (Å²) < 4.78 is 11.1. The molecule has 0 fully saturated rings. The monoisotopic (exact) mass is 415 g/mol. The van der Waals surface area contributed by atoms with Crippen molar-refractivity contribution in [1.29, 1.82) is 0 Å². The summed E-state index contributed by atoms with van der Waals surface area (Å²) in [6.07, 6.45) is 1.31. The second kappa shape index (κ2) is 8.91. The summed E-state index contributed by atoms with van der Waals surface area (Å²) in [7, 11) is 0. The first-order valence-corrected chi connectivity index (χ1v) is 9.37. The lowest BCUT2D eigenvalue weighted by molar-refractivity contribution is -0.385. The van der Waals surface area contributed by atoms with Crippen LogP contribution in [-0.2, 0) is 6.61 Å². The second-order valence-electron chi connectivity index (χ2n) is 6.61. The molecule has 0 atom stereocenters. The van der Waals surface area contributed by atoms with Crippen LogP contribution in [0.3, 0.4) is 0 Å². The summed E-state index contributed by atoms with van der Waals surface area (Å²) in [6.45, 7) is 0.211. The molecule has 0 aliphatic carbocycles. The highest BCUT2D eigenvalue weighted by atomic mass is 16.6. The van der Waals surface area contributed by atoms with Gasteiger partial charge in [-0.05, 0) is 29.8 Å². The molecule has 0 bridgehead atoms. The zero-order valence-corrected chi connectivity index (χ0v) is 16.2. The molecule has 4 rings (SSSR count). The smallest absolute Gasteiger partial charge is 0.311 e. The van der Waals surface area contributed by atoms with Crippen molar-refractivity contribution >= 4 is 28.8 Å². The van der Waals surface area contributed by atoms with Crippen LogP contribution in [0, 0.1) is 10.1 Å². The maximum absolute atomic E-state index is 12.2. The number of nitro benzene ring substituents is 1. The Labute approximate surface area is 176 Å². The Morgan fingerprint density at radius 3 is 2.61 bits per heavy atom. The molecular formula is C23H17N3O5. The number of benzene rings is 3. The molecule has 0 saturated heterocycles. The van der Waals surface area contributed by atoms with E-state index in [1.54, 1.807) is 18.2 Å². The number of nitrogens with zero attached hydrogens (tertiary/aromatic N) is 2. The van der Waals surface area contributed by atoms with Crippen LogP contribution in [0.25, 0.3) is 11.0 Å². The third-order valence-corrected chi connectivity index (χ3v) is 4.45. The molecule has 1 N–H and O–H groups in total. The van der Waals surface area contributed by atoms with Gasteiger partial charge in [-0.1, -0.05) is 48.5 Å². The molecule has 0 saturated carbocycles. The summed E-state index contributed by atoms with van der Waals surface area (Å²) in [5, 5.41) is 16.1. The number of amides is 1. The normalized spacial score (nSPS) is 11.0.